The fourth-order valence-electron chi connectivity index (χ4n) is 0. The molecule has 0 bridgehead atoms. The lowest BCUT2D eigenvalue weighted by Gasteiger charge is -1.98. The van der Waals surface area contributed by atoms with Crippen LogP contribution in [0.5, 0.6) is 0 Å². The third-order valence-corrected chi connectivity index (χ3v) is 1.22. The zero-order valence-electron chi connectivity index (χ0n) is 6.08. The molecule has 10 heteroatoms. The molecule has 0 radical (unpaired) electrons. The summed E-state index contributed by atoms with van der Waals surface area (Å²) < 4.78 is 62.0. The van der Waals surface area contributed by atoms with Gasteiger partial charge in [-0.15, -0.1) is 0 Å². The quantitative estimate of drug-likeness (QED) is 0.394. The van der Waals surface area contributed by atoms with Gasteiger partial charge in [-0.1, -0.05) is 0 Å². The molecule has 0 fully saturated rings. The van der Waals surface area contributed by atoms with Gasteiger partial charge in [0.15, 0.2) is 0 Å². The summed E-state index contributed by atoms with van der Waals surface area (Å²) in [6.45, 7) is 0. The molecule has 0 saturated carbocycles. The van der Waals surface area contributed by atoms with E-state index in [2.05, 4.69) is 8.37 Å². The maximum absolute atomic E-state index is 9.22. The molecule has 0 heterocycles. The zero-order chi connectivity index (χ0) is 10.4. The van der Waals surface area contributed by atoms with E-state index in [4.69, 9.17) is 0 Å². The molecule has 12 heavy (non-hydrogen) atoms. The van der Waals surface area contributed by atoms with Crippen LogP contribution in [0.4, 0.5) is 0 Å². The van der Waals surface area contributed by atoms with Crippen molar-refractivity contribution in [3.8, 4) is 0 Å². The van der Waals surface area contributed by atoms with Gasteiger partial charge in [-0.2, -0.15) is 0 Å². The van der Waals surface area contributed by atoms with Gasteiger partial charge in [0.25, 0.3) is 0 Å². The van der Waals surface area contributed by atoms with Crippen molar-refractivity contribution in [3.05, 3.63) is 0 Å². The van der Waals surface area contributed by atoms with Crippen LogP contribution >= 0.6 is 0 Å². The van der Waals surface area contributed by atoms with Gasteiger partial charge in [0.2, 0.25) is 20.8 Å². The summed E-state index contributed by atoms with van der Waals surface area (Å²) in [7, 11) is -7.21. The third kappa shape index (κ3) is 22.6. The largest absolute Gasteiger partial charge is 0.726 e. The molecular weight excluding hydrogens is 216 g/mol. The lowest BCUT2D eigenvalue weighted by molar-refractivity contribution is 0.312. The Kier molecular flexibility index (Phi) is 6.42. The average molecular weight is 222 g/mol. The van der Waals surface area contributed by atoms with Crippen molar-refractivity contribution in [1.82, 2.24) is 0 Å². The number of hydrogen-bond acceptors (Lipinski definition) is 8. The molecule has 0 aromatic carbocycles. The Bertz CT molecular complexity index is 251. The fourth-order valence-corrected chi connectivity index (χ4v) is 0. The molecule has 0 rings (SSSR count). The molecule has 8 nitrogen and oxygen atoms in total. The van der Waals surface area contributed by atoms with Crippen LogP contribution < -0.4 is 0 Å². The lowest BCUT2D eigenvalue weighted by Crippen LogP contribution is -1.97. The van der Waals surface area contributed by atoms with E-state index in [1.54, 1.807) is 0 Å². The van der Waals surface area contributed by atoms with Crippen molar-refractivity contribution in [1.29, 1.82) is 0 Å². The van der Waals surface area contributed by atoms with E-state index in [0.717, 1.165) is 14.2 Å². The van der Waals surface area contributed by atoms with Crippen LogP contribution in [0.1, 0.15) is 0 Å². The maximum Gasteiger partial charge on any atom is 0.217 e. The number of hydrogen-bond donors (Lipinski definition) is 0. The van der Waals surface area contributed by atoms with Crippen molar-refractivity contribution < 1.29 is 34.3 Å². The molecular formula is C2H6O8S2-2. The summed E-state index contributed by atoms with van der Waals surface area (Å²) in [6, 6.07) is 0. The van der Waals surface area contributed by atoms with Gasteiger partial charge in [0.1, 0.15) is 0 Å². The molecule has 0 aliphatic heterocycles. The van der Waals surface area contributed by atoms with Gasteiger partial charge in [-0.25, -0.2) is 16.8 Å². The van der Waals surface area contributed by atoms with E-state index in [1.807, 2.05) is 0 Å². The summed E-state index contributed by atoms with van der Waals surface area (Å²) in [6.07, 6.45) is 0. The van der Waals surface area contributed by atoms with Crippen molar-refractivity contribution >= 4 is 20.8 Å². The first-order valence-electron chi connectivity index (χ1n) is 2.15. The van der Waals surface area contributed by atoms with Gasteiger partial charge in [0.05, 0.1) is 14.2 Å². The predicted octanol–water partition coefficient (Wildman–Crippen LogP) is -1.81. The minimum absolute atomic E-state index is 0.808. The molecule has 0 amide bonds. The second-order valence-electron chi connectivity index (χ2n) is 1.15. The van der Waals surface area contributed by atoms with Crippen LogP contribution in [0.15, 0.2) is 0 Å². The molecule has 0 saturated heterocycles. The van der Waals surface area contributed by atoms with Gasteiger partial charge in [0, 0.05) is 0 Å². The molecule has 0 unspecified atom stereocenters. The highest BCUT2D eigenvalue weighted by Gasteiger charge is 1.79. The zero-order valence-corrected chi connectivity index (χ0v) is 7.72. The van der Waals surface area contributed by atoms with E-state index in [9.17, 15) is 25.9 Å². The minimum atomic E-state index is -4.41. The van der Waals surface area contributed by atoms with Crippen LogP contribution in [-0.2, 0) is 29.2 Å². The SMILES string of the molecule is COS(=O)(=O)[O-].COS(=O)(=O)[O-]. The summed E-state index contributed by atoms with van der Waals surface area (Å²) in [5.41, 5.74) is 0. The van der Waals surface area contributed by atoms with Crippen molar-refractivity contribution in [2.45, 2.75) is 0 Å². The first-order chi connectivity index (χ1) is 5.12. The molecule has 0 N–H and O–H groups in total. The van der Waals surface area contributed by atoms with Crippen molar-refractivity contribution in [2.75, 3.05) is 14.2 Å². The van der Waals surface area contributed by atoms with Gasteiger partial charge >= 0.3 is 0 Å². The Balaban J connectivity index is 0. The summed E-state index contributed by atoms with van der Waals surface area (Å²) in [4.78, 5) is 0. The first-order valence-corrected chi connectivity index (χ1v) is 4.82. The first kappa shape index (κ1) is 14.3. The monoisotopic (exact) mass is 222 g/mol. The van der Waals surface area contributed by atoms with E-state index >= 15 is 0 Å². The highest BCUT2D eigenvalue weighted by molar-refractivity contribution is 7.81. The highest BCUT2D eigenvalue weighted by atomic mass is 32.3. The molecule has 0 aliphatic carbocycles. The Morgan fingerprint density at radius 2 is 0.917 bits per heavy atom. The summed E-state index contributed by atoms with van der Waals surface area (Å²) in [5.74, 6) is 0. The molecule has 0 aliphatic rings. The van der Waals surface area contributed by atoms with Crippen molar-refractivity contribution in [3.63, 3.8) is 0 Å². The van der Waals surface area contributed by atoms with Gasteiger partial charge in [-0.3, -0.25) is 8.37 Å². The smallest absolute Gasteiger partial charge is 0.217 e. The molecule has 0 aromatic heterocycles. The topological polar surface area (TPSA) is 133 Å². The maximum atomic E-state index is 9.22. The molecule has 76 valence electrons. The van der Waals surface area contributed by atoms with Gasteiger partial charge < -0.3 is 9.11 Å². The van der Waals surface area contributed by atoms with Gasteiger partial charge in [-0.05, 0) is 0 Å². The van der Waals surface area contributed by atoms with Crippen molar-refractivity contribution in [2.24, 2.45) is 0 Å². The molecule has 0 aromatic rings. The predicted molar refractivity (Wildman–Crippen MR) is 33.4 cm³/mol. The summed E-state index contributed by atoms with van der Waals surface area (Å²) in [5, 5.41) is 0. The van der Waals surface area contributed by atoms with E-state index in [0.29, 0.717) is 0 Å². The summed E-state index contributed by atoms with van der Waals surface area (Å²) >= 11 is 0. The normalized spacial score (nSPS) is 11.7. The average Bonchev–Trinajstić information content (AvgIpc) is 1.86. The Labute approximate surface area is 70.0 Å². The van der Waals surface area contributed by atoms with E-state index in [1.165, 1.54) is 0 Å². The van der Waals surface area contributed by atoms with Crippen LogP contribution in [0.3, 0.4) is 0 Å². The Hall–Kier alpha value is -0.260. The van der Waals surface area contributed by atoms with Crippen LogP contribution in [0, 0.1) is 0 Å². The van der Waals surface area contributed by atoms with Crippen LogP contribution in [0.2, 0.25) is 0 Å². The highest BCUT2D eigenvalue weighted by Crippen LogP contribution is 1.74. The Morgan fingerprint density at radius 3 is 0.917 bits per heavy atom. The minimum Gasteiger partial charge on any atom is -0.726 e. The molecule has 0 atom stereocenters. The Morgan fingerprint density at radius 1 is 0.833 bits per heavy atom. The number of rotatable bonds is 2. The lowest BCUT2D eigenvalue weighted by atomic mass is 11.8. The van der Waals surface area contributed by atoms with Crippen LogP contribution in [0.25, 0.3) is 0 Å². The van der Waals surface area contributed by atoms with E-state index < -0.39 is 20.8 Å². The standard InChI is InChI=1S/2CH4O4S/c2*1-5-6(2,3)4/h2*1H3,(H,2,3,4)/p-2. The second kappa shape index (κ2) is 5.40. The second-order valence-corrected chi connectivity index (χ2v) is 3.45. The third-order valence-electron chi connectivity index (χ3n) is 0.408. The van der Waals surface area contributed by atoms with Crippen LogP contribution in [-0.4, -0.2) is 40.2 Å². The van der Waals surface area contributed by atoms with E-state index in [-0.39, 0.29) is 0 Å². The fraction of sp³-hybridized carbons (Fsp3) is 1.00. The molecule has 0 spiro atoms.